The van der Waals surface area contributed by atoms with Gasteiger partial charge in [0.15, 0.2) is 0 Å². The van der Waals surface area contributed by atoms with E-state index in [-0.39, 0.29) is 5.92 Å². The molecule has 0 saturated heterocycles. The Morgan fingerprint density at radius 1 is 1.10 bits per heavy atom. The van der Waals surface area contributed by atoms with E-state index in [2.05, 4.69) is 16.0 Å². The molecule has 1 saturated carbocycles. The van der Waals surface area contributed by atoms with Gasteiger partial charge in [0, 0.05) is 29.4 Å². The topological polar surface area (TPSA) is 71.8 Å². The van der Waals surface area contributed by atoms with Crippen molar-refractivity contribution in [1.29, 1.82) is 0 Å². The second-order valence-electron chi connectivity index (χ2n) is 8.32. The number of primary amides is 1. The number of nitrogens with zero attached hydrogens (tertiary/aromatic N) is 1. The first-order chi connectivity index (χ1) is 14.7. The Morgan fingerprint density at radius 2 is 1.77 bits per heavy atom. The number of aromatic nitrogens is 2. The lowest BCUT2D eigenvalue weighted by molar-refractivity contribution is -0.137. The van der Waals surface area contributed by atoms with Crippen LogP contribution < -0.4 is 5.73 Å². The minimum absolute atomic E-state index is 0.134. The molecule has 31 heavy (non-hydrogen) atoms. The number of halogens is 3. The van der Waals surface area contributed by atoms with Crippen LogP contribution in [0.3, 0.4) is 0 Å². The van der Waals surface area contributed by atoms with Crippen LogP contribution in [0.2, 0.25) is 0 Å². The Labute approximate surface area is 178 Å². The molecule has 0 bridgehead atoms. The van der Waals surface area contributed by atoms with E-state index in [1.165, 1.54) is 18.2 Å². The van der Waals surface area contributed by atoms with E-state index in [0.717, 1.165) is 53.4 Å². The van der Waals surface area contributed by atoms with Gasteiger partial charge in [-0.05, 0) is 79.8 Å². The van der Waals surface area contributed by atoms with Crippen LogP contribution in [0.5, 0.6) is 0 Å². The molecule has 0 atom stereocenters. The van der Waals surface area contributed by atoms with Crippen LogP contribution in [0.4, 0.5) is 13.2 Å². The van der Waals surface area contributed by atoms with E-state index >= 15 is 0 Å². The summed E-state index contributed by atoms with van der Waals surface area (Å²) in [4.78, 5) is 18.6. The molecule has 0 unspecified atom stereocenters. The van der Waals surface area contributed by atoms with Gasteiger partial charge in [-0.3, -0.25) is 4.79 Å². The Kier molecular flexibility index (Phi) is 5.60. The van der Waals surface area contributed by atoms with Gasteiger partial charge < -0.3 is 10.7 Å². The molecule has 7 heteroatoms. The molecule has 0 aliphatic heterocycles. The number of hydrogen-bond donors (Lipinski definition) is 2. The zero-order valence-electron chi connectivity index (χ0n) is 17.2. The average Bonchev–Trinajstić information content (AvgIpc) is 3.13. The average molecular weight is 427 g/mol. The second kappa shape index (κ2) is 8.21. The van der Waals surface area contributed by atoms with E-state index in [4.69, 9.17) is 5.73 Å². The maximum Gasteiger partial charge on any atom is 0.416 e. The largest absolute Gasteiger partial charge is 0.416 e. The van der Waals surface area contributed by atoms with Crippen LogP contribution in [0.1, 0.15) is 65.3 Å². The predicted octanol–water partition coefficient (Wildman–Crippen LogP) is 5.83. The van der Waals surface area contributed by atoms with E-state index in [1.807, 2.05) is 12.3 Å². The number of benzene rings is 1. The number of nitrogens with one attached hydrogen (secondary N) is 1. The van der Waals surface area contributed by atoms with Gasteiger partial charge in [-0.2, -0.15) is 13.2 Å². The highest BCUT2D eigenvalue weighted by Crippen LogP contribution is 2.42. The lowest BCUT2D eigenvalue weighted by Gasteiger charge is -2.29. The number of hydrogen-bond acceptors (Lipinski definition) is 2. The fourth-order valence-electron chi connectivity index (χ4n) is 4.55. The summed E-state index contributed by atoms with van der Waals surface area (Å²) in [5, 5.41) is 0.922. The number of rotatable bonds is 4. The van der Waals surface area contributed by atoms with Gasteiger partial charge in [-0.15, -0.1) is 0 Å². The molecule has 2 aromatic heterocycles. The predicted molar refractivity (Wildman–Crippen MR) is 114 cm³/mol. The summed E-state index contributed by atoms with van der Waals surface area (Å²) in [7, 11) is 0. The van der Waals surface area contributed by atoms with Gasteiger partial charge in [0.25, 0.3) is 0 Å². The molecular weight excluding hydrogens is 403 g/mol. The monoisotopic (exact) mass is 427 g/mol. The minimum Gasteiger partial charge on any atom is -0.366 e. The van der Waals surface area contributed by atoms with Crippen molar-refractivity contribution in [1.82, 2.24) is 9.97 Å². The van der Waals surface area contributed by atoms with Crippen LogP contribution in [0.25, 0.3) is 17.1 Å². The first-order valence-electron chi connectivity index (χ1n) is 10.3. The van der Waals surface area contributed by atoms with Crippen molar-refractivity contribution in [3.8, 4) is 0 Å². The van der Waals surface area contributed by atoms with Crippen molar-refractivity contribution in [2.45, 2.75) is 50.6 Å². The number of alkyl halides is 3. The van der Waals surface area contributed by atoms with Crippen LogP contribution in [-0.4, -0.2) is 15.9 Å². The van der Waals surface area contributed by atoms with E-state index in [1.54, 1.807) is 19.2 Å². The molecule has 2 heterocycles. The Bertz CT molecular complexity index is 1140. The molecule has 1 amide bonds. The molecule has 3 N–H and O–H groups in total. The first-order valence-corrected chi connectivity index (χ1v) is 10.3. The highest BCUT2D eigenvalue weighted by atomic mass is 19.4. The van der Waals surface area contributed by atoms with Crippen LogP contribution in [0.15, 0.2) is 42.7 Å². The van der Waals surface area contributed by atoms with Crippen molar-refractivity contribution in [2.75, 3.05) is 0 Å². The number of aromatic amines is 1. The fraction of sp³-hybridized carbons (Fsp3) is 0.333. The molecule has 1 aliphatic carbocycles. The summed E-state index contributed by atoms with van der Waals surface area (Å²) in [5.74, 6) is -0.0696. The zero-order valence-corrected chi connectivity index (χ0v) is 17.2. The van der Waals surface area contributed by atoms with Crippen LogP contribution in [0, 0.1) is 6.92 Å². The third kappa shape index (κ3) is 4.65. The van der Waals surface area contributed by atoms with Gasteiger partial charge in [0.1, 0.15) is 5.65 Å². The molecule has 1 fully saturated rings. The number of H-pyrrole nitrogens is 1. The van der Waals surface area contributed by atoms with E-state index in [0.29, 0.717) is 11.5 Å². The lowest BCUT2D eigenvalue weighted by Crippen LogP contribution is -2.14. The second-order valence-corrected chi connectivity index (χ2v) is 8.32. The summed E-state index contributed by atoms with van der Waals surface area (Å²) in [6.07, 6.45) is 5.77. The first kappa shape index (κ1) is 21.2. The Balaban J connectivity index is 1.51. The van der Waals surface area contributed by atoms with Gasteiger partial charge in [-0.1, -0.05) is 11.6 Å². The molecule has 4 rings (SSSR count). The molecule has 162 valence electrons. The maximum absolute atomic E-state index is 13.2. The minimum atomic E-state index is -4.32. The van der Waals surface area contributed by atoms with Crippen molar-refractivity contribution >= 4 is 23.0 Å². The number of pyridine rings is 1. The van der Waals surface area contributed by atoms with Crippen molar-refractivity contribution < 1.29 is 18.0 Å². The van der Waals surface area contributed by atoms with Crippen molar-refractivity contribution in [2.24, 2.45) is 5.73 Å². The van der Waals surface area contributed by atoms with Crippen molar-refractivity contribution in [3.63, 3.8) is 0 Å². The number of carbonyl (C=O) groups is 1. The summed E-state index contributed by atoms with van der Waals surface area (Å²) in [6.45, 7) is 1.71. The SMILES string of the molecule is Cc1cc(C2CCC(c3cnc4[nH]cc(C=CC(N)=O)c4c3)CC2)cc(C(F)(F)F)c1. The summed E-state index contributed by atoms with van der Waals surface area (Å²) in [6, 6.07) is 6.48. The van der Waals surface area contributed by atoms with E-state index < -0.39 is 17.6 Å². The molecular formula is C24H24F3N3O. The standard InChI is InChI=1S/C24H24F3N3O/c1-14-8-18(10-20(9-14)24(25,26)27)15-2-4-16(5-3-15)19-11-21-17(6-7-22(28)31)12-29-23(21)30-13-19/h6-13,15-16H,2-5H2,1H3,(H2,28,31)(H,29,30). The van der Waals surface area contributed by atoms with Crippen LogP contribution >= 0.6 is 0 Å². The number of carbonyl (C=O) groups excluding carboxylic acids is 1. The van der Waals surface area contributed by atoms with Gasteiger partial charge >= 0.3 is 6.18 Å². The Hall–Kier alpha value is -3.09. The highest BCUT2D eigenvalue weighted by molar-refractivity contribution is 5.94. The highest BCUT2D eigenvalue weighted by Gasteiger charge is 2.32. The fourth-order valence-corrected chi connectivity index (χ4v) is 4.55. The Morgan fingerprint density at radius 3 is 2.42 bits per heavy atom. The lowest BCUT2D eigenvalue weighted by atomic mass is 9.76. The zero-order chi connectivity index (χ0) is 22.2. The smallest absolute Gasteiger partial charge is 0.366 e. The maximum atomic E-state index is 13.2. The van der Waals surface area contributed by atoms with Gasteiger partial charge in [-0.25, -0.2) is 4.98 Å². The number of amides is 1. The molecule has 0 radical (unpaired) electrons. The number of aryl methyl sites for hydroxylation is 1. The normalized spacial score (nSPS) is 19.9. The van der Waals surface area contributed by atoms with Crippen molar-refractivity contribution in [3.05, 3.63) is 70.6 Å². The summed E-state index contributed by atoms with van der Waals surface area (Å²) in [5.41, 5.74) is 8.74. The molecule has 1 aliphatic rings. The van der Waals surface area contributed by atoms with E-state index in [9.17, 15) is 18.0 Å². The number of fused-ring (bicyclic) bond motifs is 1. The van der Waals surface area contributed by atoms with Gasteiger partial charge in [0.05, 0.1) is 5.56 Å². The molecule has 3 aromatic rings. The third-order valence-corrected chi connectivity index (χ3v) is 6.11. The quantitative estimate of drug-likeness (QED) is 0.514. The summed E-state index contributed by atoms with van der Waals surface area (Å²) >= 11 is 0. The van der Waals surface area contributed by atoms with Crippen LogP contribution in [-0.2, 0) is 11.0 Å². The molecule has 4 nitrogen and oxygen atoms in total. The number of nitrogens with two attached hydrogens (primary N) is 1. The summed E-state index contributed by atoms with van der Waals surface area (Å²) < 4.78 is 39.6. The molecule has 0 spiro atoms. The van der Waals surface area contributed by atoms with Gasteiger partial charge in [0.2, 0.25) is 5.91 Å². The third-order valence-electron chi connectivity index (χ3n) is 6.11. The molecule has 1 aromatic carbocycles.